The molecule has 0 aromatic carbocycles. The first kappa shape index (κ1) is 19.2. The van der Waals surface area contributed by atoms with Crippen LogP contribution in [0.25, 0.3) is 0 Å². The molecule has 8 heteroatoms. The quantitative estimate of drug-likeness (QED) is 0.500. The van der Waals surface area contributed by atoms with Gasteiger partial charge in [0.1, 0.15) is 11.1 Å². The highest BCUT2D eigenvalue weighted by Gasteiger charge is 2.11. The van der Waals surface area contributed by atoms with Crippen LogP contribution in [0.2, 0.25) is 4.34 Å². The third kappa shape index (κ3) is 5.73. The van der Waals surface area contributed by atoms with Crippen molar-refractivity contribution >= 4 is 40.2 Å². The van der Waals surface area contributed by atoms with E-state index in [0.717, 1.165) is 22.1 Å². The smallest absolute Gasteiger partial charge is 0.191 e. The van der Waals surface area contributed by atoms with Crippen molar-refractivity contribution in [1.82, 2.24) is 15.6 Å². The number of aromatic nitrogens is 1. The number of rotatable bonds is 7. The highest BCUT2D eigenvalue weighted by atomic mass is 35.5. The first-order valence-corrected chi connectivity index (χ1v) is 9.96. The van der Waals surface area contributed by atoms with Gasteiger partial charge in [-0.25, -0.2) is 9.98 Å². The van der Waals surface area contributed by atoms with Crippen molar-refractivity contribution in [1.29, 1.82) is 0 Å². The van der Waals surface area contributed by atoms with Crippen LogP contribution in [-0.2, 0) is 6.54 Å². The number of aliphatic hydroxyl groups excluding tert-OH is 1. The van der Waals surface area contributed by atoms with Gasteiger partial charge in [-0.05, 0) is 25.0 Å². The summed E-state index contributed by atoms with van der Waals surface area (Å²) >= 11 is 8.91. The maximum Gasteiger partial charge on any atom is 0.191 e. The molecule has 0 spiro atoms. The summed E-state index contributed by atoms with van der Waals surface area (Å²) < 4.78 is 0.675. The van der Waals surface area contributed by atoms with Crippen LogP contribution in [0, 0.1) is 0 Å². The molecule has 0 fully saturated rings. The zero-order valence-electron chi connectivity index (χ0n) is 14.0. The number of halogens is 1. The Bertz CT molecular complexity index is 669. The highest BCUT2D eigenvalue weighted by Crippen LogP contribution is 2.26. The van der Waals surface area contributed by atoms with Crippen molar-refractivity contribution in [3.8, 4) is 0 Å². The fourth-order valence-corrected chi connectivity index (χ4v) is 3.88. The Morgan fingerprint density at radius 3 is 2.75 bits per heavy atom. The number of nitrogens with one attached hydrogen (secondary N) is 2. The number of thiazole rings is 1. The lowest BCUT2D eigenvalue weighted by Crippen LogP contribution is -2.39. The second-order valence-corrected chi connectivity index (χ2v) is 8.24. The van der Waals surface area contributed by atoms with Crippen LogP contribution in [0.1, 0.15) is 48.4 Å². The molecule has 2 aromatic rings. The van der Waals surface area contributed by atoms with Crippen LogP contribution in [0.3, 0.4) is 0 Å². The van der Waals surface area contributed by atoms with E-state index in [1.165, 1.54) is 11.3 Å². The van der Waals surface area contributed by atoms with Crippen LogP contribution >= 0.6 is 34.3 Å². The van der Waals surface area contributed by atoms with Gasteiger partial charge in [-0.15, -0.1) is 22.7 Å². The Balaban J connectivity index is 1.92. The maximum absolute atomic E-state index is 10.2. The zero-order chi connectivity index (χ0) is 17.5. The molecule has 1 atom stereocenters. The van der Waals surface area contributed by atoms with Gasteiger partial charge in [0.05, 0.1) is 16.6 Å². The standard InChI is InChI=1S/C16H23ClN4OS2/c1-4-18-16(19-7-12(22)13-5-6-14(17)24-13)20-8-15-21-11(9-23-15)10(2)3/h5-6,9-10,12,22H,4,7-8H2,1-3H3,(H2,18,19,20). The number of nitrogens with zero attached hydrogens (tertiary/aromatic N) is 2. The molecule has 2 heterocycles. The van der Waals surface area contributed by atoms with Crippen LogP contribution in [-0.4, -0.2) is 29.1 Å². The summed E-state index contributed by atoms with van der Waals surface area (Å²) in [6.45, 7) is 7.91. The molecule has 2 rings (SSSR count). The van der Waals surface area contributed by atoms with E-state index < -0.39 is 6.10 Å². The van der Waals surface area contributed by atoms with Crippen LogP contribution in [0.15, 0.2) is 22.5 Å². The first-order chi connectivity index (χ1) is 11.5. The van der Waals surface area contributed by atoms with E-state index in [1.54, 1.807) is 17.4 Å². The summed E-state index contributed by atoms with van der Waals surface area (Å²) in [4.78, 5) is 9.95. The number of guanidine groups is 1. The fourth-order valence-electron chi connectivity index (χ4n) is 1.95. The number of thiophene rings is 1. The average Bonchev–Trinajstić information content (AvgIpc) is 3.18. The van der Waals surface area contributed by atoms with Gasteiger partial charge in [0.15, 0.2) is 5.96 Å². The zero-order valence-corrected chi connectivity index (χ0v) is 16.4. The molecule has 0 aliphatic rings. The Kier molecular flexibility index (Phi) is 7.48. The predicted molar refractivity (Wildman–Crippen MR) is 103 cm³/mol. The molecule has 0 bridgehead atoms. The third-order valence-corrected chi connectivity index (χ3v) is 5.45. The Labute approximate surface area is 155 Å². The van der Waals surface area contributed by atoms with Crippen molar-refractivity contribution in [3.63, 3.8) is 0 Å². The Hall–Kier alpha value is -1.15. The molecule has 132 valence electrons. The summed E-state index contributed by atoms with van der Waals surface area (Å²) in [5.74, 6) is 1.10. The lowest BCUT2D eigenvalue weighted by molar-refractivity contribution is 0.184. The van der Waals surface area contributed by atoms with E-state index in [4.69, 9.17) is 11.6 Å². The van der Waals surface area contributed by atoms with Crippen molar-refractivity contribution < 1.29 is 5.11 Å². The SMILES string of the molecule is CCNC(=NCc1nc(C(C)C)cs1)NCC(O)c1ccc(Cl)s1. The molecule has 0 aliphatic carbocycles. The summed E-state index contributed by atoms with van der Waals surface area (Å²) in [7, 11) is 0. The molecule has 0 saturated carbocycles. The van der Waals surface area contributed by atoms with E-state index in [2.05, 4.69) is 39.8 Å². The Morgan fingerprint density at radius 1 is 1.38 bits per heavy atom. The van der Waals surface area contributed by atoms with Crippen LogP contribution in [0.4, 0.5) is 0 Å². The van der Waals surface area contributed by atoms with Gasteiger partial charge < -0.3 is 15.7 Å². The van der Waals surface area contributed by atoms with Gasteiger partial charge in [-0.3, -0.25) is 0 Å². The minimum atomic E-state index is -0.612. The van der Waals surface area contributed by atoms with E-state index >= 15 is 0 Å². The van der Waals surface area contributed by atoms with E-state index in [0.29, 0.717) is 29.3 Å². The number of aliphatic imine (C=N–C) groups is 1. The van der Waals surface area contributed by atoms with Crippen molar-refractivity contribution in [2.45, 2.75) is 39.3 Å². The van der Waals surface area contributed by atoms with Gasteiger partial charge in [0.2, 0.25) is 0 Å². The maximum atomic E-state index is 10.2. The van der Waals surface area contributed by atoms with Gasteiger partial charge in [-0.1, -0.05) is 25.4 Å². The molecular weight excluding hydrogens is 364 g/mol. The second-order valence-electron chi connectivity index (χ2n) is 5.55. The molecule has 1 unspecified atom stereocenters. The topological polar surface area (TPSA) is 69.5 Å². The summed E-state index contributed by atoms with van der Waals surface area (Å²) in [5, 5.41) is 19.6. The van der Waals surface area contributed by atoms with Gasteiger partial charge >= 0.3 is 0 Å². The molecule has 3 N–H and O–H groups in total. The first-order valence-electron chi connectivity index (χ1n) is 7.89. The Morgan fingerprint density at radius 2 is 2.17 bits per heavy atom. The lowest BCUT2D eigenvalue weighted by Gasteiger charge is -2.14. The van der Waals surface area contributed by atoms with Gasteiger partial charge in [-0.2, -0.15) is 0 Å². The van der Waals surface area contributed by atoms with E-state index in [1.807, 2.05) is 13.0 Å². The predicted octanol–water partition coefficient (Wildman–Crippen LogP) is 3.77. The minimum absolute atomic E-state index is 0.373. The van der Waals surface area contributed by atoms with E-state index in [9.17, 15) is 5.11 Å². The summed E-state index contributed by atoms with van der Waals surface area (Å²) in [6, 6.07) is 3.63. The minimum Gasteiger partial charge on any atom is -0.386 e. The number of hydrogen-bond acceptors (Lipinski definition) is 5. The summed E-state index contributed by atoms with van der Waals surface area (Å²) in [6.07, 6.45) is -0.612. The van der Waals surface area contributed by atoms with Gasteiger partial charge in [0, 0.05) is 23.3 Å². The second kappa shape index (κ2) is 9.36. The van der Waals surface area contributed by atoms with Gasteiger partial charge in [0.25, 0.3) is 0 Å². The fraction of sp³-hybridized carbons (Fsp3) is 0.500. The van der Waals surface area contributed by atoms with Crippen LogP contribution < -0.4 is 10.6 Å². The average molecular weight is 387 g/mol. The van der Waals surface area contributed by atoms with E-state index in [-0.39, 0.29) is 0 Å². The van der Waals surface area contributed by atoms with Crippen molar-refractivity contribution in [2.24, 2.45) is 4.99 Å². The number of hydrogen-bond donors (Lipinski definition) is 3. The largest absolute Gasteiger partial charge is 0.386 e. The number of aliphatic hydroxyl groups is 1. The molecule has 0 aliphatic heterocycles. The van der Waals surface area contributed by atoms with Crippen molar-refractivity contribution in [3.05, 3.63) is 37.4 Å². The van der Waals surface area contributed by atoms with Crippen LogP contribution in [0.5, 0.6) is 0 Å². The lowest BCUT2D eigenvalue weighted by atomic mass is 10.2. The molecular formula is C16H23ClN4OS2. The molecule has 24 heavy (non-hydrogen) atoms. The molecule has 5 nitrogen and oxygen atoms in total. The molecule has 0 radical (unpaired) electrons. The van der Waals surface area contributed by atoms with Crippen molar-refractivity contribution in [2.75, 3.05) is 13.1 Å². The normalized spacial score (nSPS) is 13.3. The highest BCUT2D eigenvalue weighted by molar-refractivity contribution is 7.16. The monoisotopic (exact) mass is 386 g/mol. The molecule has 0 saturated heterocycles. The third-order valence-electron chi connectivity index (χ3n) is 3.26. The molecule has 0 amide bonds. The summed E-state index contributed by atoms with van der Waals surface area (Å²) in [5.41, 5.74) is 1.10. The molecule has 2 aromatic heterocycles.